The Morgan fingerprint density at radius 3 is 2.68 bits per heavy atom. The van der Waals surface area contributed by atoms with Crippen LogP contribution < -0.4 is 4.74 Å². The first-order valence-electron chi connectivity index (χ1n) is 9.69. The van der Waals surface area contributed by atoms with Gasteiger partial charge >= 0.3 is 0 Å². The van der Waals surface area contributed by atoms with E-state index in [1.54, 1.807) is 6.08 Å². The molecule has 0 aliphatic rings. The molecule has 6 heteroatoms. The number of benzene rings is 3. The van der Waals surface area contributed by atoms with Gasteiger partial charge in [0.25, 0.3) is 0 Å². The van der Waals surface area contributed by atoms with Crippen molar-refractivity contribution in [3.05, 3.63) is 92.2 Å². The summed E-state index contributed by atoms with van der Waals surface area (Å²) in [4.78, 5) is 7.85. The Hall–Kier alpha value is -3.07. The summed E-state index contributed by atoms with van der Waals surface area (Å²) in [6.07, 6.45) is 1.81. The van der Waals surface area contributed by atoms with Crippen molar-refractivity contribution in [3.63, 3.8) is 0 Å². The number of H-pyrrole nitrogens is 1. The molecule has 4 nitrogen and oxygen atoms in total. The third kappa shape index (κ3) is 4.66. The number of halogens is 2. The van der Waals surface area contributed by atoms with Gasteiger partial charge in [0.15, 0.2) is 0 Å². The summed E-state index contributed by atoms with van der Waals surface area (Å²) in [6.45, 7) is 4.48. The van der Waals surface area contributed by atoms with Gasteiger partial charge in [-0.2, -0.15) is 5.26 Å². The number of aromatic nitrogens is 2. The van der Waals surface area contributed by atoms with Crippen LogP contribution in [0.2, 0.25) is 5.02 Å². The van der Waals surface area contributed by atoms with E-state index in [-0.39, 0.29) is 0 Å². The second-order valence-corrected chi connectivity index (χ2v) is 8.54. The van der Waals surface area contributed by atoms with E-state index in [9.17, 15) is 5.26 Å². The van der Waals surface area contributed by atoms with Crippen LogP contribution >= 0.6 is 27.5 Å². The van der Waals surface area contributed by atoms with E-state index in [0.717, 1.165) is 26.6 Å². The lowest BCUT2D eigenvalue weighted by atomic mass is 10.1. The molecule has 0 fully saturated rings. The first-order valence-corrected chi connectivity index (χ1v) is 10.9. The summed E-state index contributed by atoms with van der Waals surface area (Å²) in [5.74, 6) is 1.25. The highest BCUT2D eigenvalue weighted by molar-refractivity contribution is 9.10. The van der Waals surface area contributed by atoms with Crippen molar-refractivity contribution in [2.75, 3.05) is 0 Å². The molecule has 0 aliphatic carbocycles. The molecule has 0 saturated heterocycles. The molecule has 154 valence electrons. The first-order chi connectivity index (χ1) is 14.9. The first kappa shape index (κ1) is 21.2. The van der Waals surface area contributed by atoms with Crippen LogP contribution in [-0.4, -0.2) is 9.97 Å². The molecular weight excluding hydrogens is 474 g/mol. The van der Waals surface area contributed by atoms with Crippen molar-refractivity contribution in [2.45, 2.75) is 20.5 Å². The lowest BCUT2D eigenvalue weighted by Gasteiger charge is -2.10. The van der Waals surface area contributed by atoms with Crippen LogP contribution in [-0.2, 0) is 6.61 Å². The Labute approximate surface area is 194 Å². The molecule has 1 aromatic heterocycles. The highest BCUT2D eigenvalue weighted by Gasteiger charge is 2.10. The minimum atomic E-state index is 0.370. The van der Waals surface area contributed by atoms with Gasteiger partial charge in [-0.05, 0) is 82.9 Å². The van der Waals surface area contributed by atoms with Crippen molar-refractivity contribution in [1.29, 1.82) is 5.26 Å². The van der Waals surface area contributed by atoms with Crippen LogP contribution in [0.25, 0.3) is 22.7 Å². The Bertz CT molecular complexity index is 1310. The number of nitrogens with zero attached hydrogens (tertiary/aromatic N) is 2. The van der Waals surface area contributed by atoms with Crippen LogP contribution in [0.3, 0.4) is 0 Å². The minimum absolute atomic E-state index is 0.370. The van der Waals surface area contributed by atoms with Crippen LogP contribution in [0.1, 0.15) is 28.1 Å². The van der Waals surface area contributed by atoms with E-state index >= 15 is 0 Å². The van der Waals surface area contributed by atoms with Gasteiger partial charge in [-0.25, -0.2) is 4.98 Å². The number of aromatic amines is 1. The normalized spacial score (nSPS) is 11.5. The molecule has 0 spiro atoms. The van der Waals surface area contributed by atoms with Crippen LogP contribution in [0.5, 0.6) is 5.75 Å². The summed E-state index contributed by atoms with van der Waals surface area (Å²) >= 11 is 9.75. The fraction of sp³-hybridized carbons (Fsp3) is 0.120. The van der Waals surface area contributed by atoms with Gasteiger partial charge in [0.2, 0.25) is 0 Å². The second kappa shape index (κ2) is 8.97. The molecule has 1 N–H and O–H groups in total. The molecule has 0 atom stereocenters. The number of hydrogen-bond acceptors (Lipinski definition) is 3. The molecule has 0 bridgehead atoms. The number of allylic oxidation sites excluding steroid dienone is 1. The molecule has 0 saturated carbocycles. The Morgan fingerprint density at radius 2 is 1.94 bits per heavy atom. The Kier molecular flexibility index (Phi) is 6.13. The monoisotopic (exact) mass is 491 g/mol. The fourth-order valence-electron chi connectivity index (χ4n) is 3.21. The van der Waals surface area contributed by atoms with Gasteiger partial charge in [-0.15, -0.1) is 0 Å². The van der Waals surface area contributed by atoms with Gasteiger partial charge < -0.3 is 9.72 Å². The molecule has 31 heavy (non-hydrogen) atoms. The van der Waals surface area contributed by atoms with E-state index in [2.05, 4.69) is 51.9 Å². The van der Waals surface area contributed by atoms with Gasteiger partial charge in [-0.3, -0.25) is 0 Å². The lowest BCUT2D eigenvalue weighted by molar-refractivity contribution is 0.304. The van der Waals surface area contributed by atoms with E-state index in [4.69, 9.17) is 16.3 Å². The molecule has 0 unspecified atom stereocenters. The summed E-state index contributed by atoms with van der Waals surface area (Å²) < 4.78 is 6.69. The summed E-state index contributed by atoms with van der Waals surface area (Å²) in [6, 6.07) is 19.6. The molecule has 0 radical (unpaired) electrons. The van der Waals surface area contributed by atoms with Gasteiger partial charge in [0.1, 0.15) is 24.3 Å². The molecule has 4 aromatic rings. The van der Waals surface area contributed by atoms with Crippen LogP contribution in [0, 0.1) is 25.2 Å². The number of fused-ring (bicyclic) bond motifs is 1. The number of rotatable bonds is 5. The van der Waals surface area contributed by atoms with E-state index in [1.165, 1.54) is 11.1 Å². The zero-order valence-corrected chi connectivity index (χ0v) is 19.4. The summed E-state index contributed by atoms with van der Waals surface area (Å²) in [7, 11) is 0. The van der Waals surface area contributed by atoms with Crippen molar-refractivity contribution < 1.29 is 4.74 Å². The number of hydrogen-bond donors (Lipinski definition) is 1. The SMILES string of the molecule is Cc1cc2nc(/C(C#N)=C/c3ccc(OCc4ccccc4Cl)c(Br)c3)[nH]c2cc1C. The molecule has 1 heterocycles. The van der Waals surface area contributed by atoms with Gasteiger partial charge in [0, 0.05) is 10.6 Å². The average Bonchev–Trinajstić information content (AvgIpc) is 3.15. The van der Waals surface area contributed by atoms with Crippen molar-refractivity contribution in [1.82, 2.24) is 9.97 Å². The standard InChI is InChI=1S/C25H19BrClN3O/c1-15-9-22-23(10-16(15)2)30-25(29-22)19(13-28)11-17-7-8-24(20(26)12-17)31-14-18-5-3-4-6-21(18)27/h3-12H,14H2,1-2H3,(H,29,30)/b19-11+. The topological polar surface area (TPSA) is 61.7 Å². The van der Waals surface area contributed by atoms with E-state index < -0.39 is 0 Å². The number of aryl methyl sites for hydroxylation is 2. The molecule has 3 aromatic carbocycles. The Morgan fingerprint density at radius 1 is 1.16 bits per heavy atom. The minimum Gasteiger partial charge on any atom is -0.488 e. The van der Waals surface area contributed by atoms with E-state index in [0.29, 0.717) is 28.8 Å². The zero-order chi connectivity index (χ0) is 22.0. The predicted molar refractivity (Wildman–Crippen MR) is 129 cm³/mol. The lowest BCUT2D eigenvalue weighted by Crippen LogP contribution is -1.97. The zero-order valence-electron chi connectivity index (χ0n) is 17.0. The number of nitrogens with one attached hydrogen (secondary N) is 1. The predicted octanol–water partition coefficient (Wildman–Crippen LogP) is 7.24. The second-order valence-electron chi connectivity index (χ2n) is 7.28. The number of ether oxygens (including phenoxy) is 1. The maximum atomic E-state index is 9.71. The van der Waals surface area contributed by atoms with Crippen LogP contribution in [0.15, 0.2) is 59.1 Å². The number of imidazole rings is 1. The van der Waals surface area contributed by atoms with Crippen molar-refractivity contribution in [3.8, 4) is 11.8 Å². The Balaban J connectivity index is 1.58. The quantitative estimate of drug-likeness (QED) is 0.299. The molecule has 0 amide bonds. The van der Waals surface area contributed by atoms with Gasteiger partial charge in [-0.1, -0.05) is 35.9 Å². The number of nitriles is 1. The van der Waals surface area contributed by atoms with Gasteiger partial charge in [0.05, 0.1) is 21.1 Å². The third-order valence-electron chi connectivity index (χ3n) is 5.08. The largest absolute Gasteiger partial charge is 0.488 e. The van der Waals surface area contributed by atoms with Crippen LogP contribution in [0.4, 0.5) is 0 Å². The maximum Gasteiger partial charge on any atom is 0.149 e. The maximum absolute atomic E-state index is 9.71. The van der Waals surface area contributed by atoms with Crippen molar-refractivity contribution in [2.24, 2.45) is 0 Å². The summed E-state index contributed by atoms with van der Waals surface area (Å²) in [5, 5.41) is 10.4. The van der Waals surface area contributed by atoms with Crippen molar-refractivity contribution >= 4 is 50.2 Å². The third-order valence-corrected chi connectivity index (χ3v) is 6.07. The molecule has 4 rings (SSSR count). The fourth-order valence-corrected chi connectivity index (χ4v) is 3.91. The average molecular weight is 493 g/mol. The molecule has 0 aliphatic heterocycles. The highest BCUT2D eigenvalue weighted by Crippen LogP contribution is 2.29. The van der Waals surface area contributed by atoms with E-state index in [1.807, 2.05) is 48.5 Å². The smallest absolute Gasteiger partial charge is 0.149 e. The highest BCUT2D eigenvalue weighted by atomic mass is 79.9. The molecular formula is C25H19BrClN3O. The summed E-state index contributed by atoms with van der Waals surface area (Å²) in [5.41, 5.74) is 6.37.